The van der Waals surface area contributed by atoms with E-state index in [4.69, 9.17) is 9.84 Å². The molecule has 0 heterocycles. The Balaban J connectivity index is 2.24. The van der Waals surface area contributed by atoms with Crippen LogP contribution >= 0.6 is 0 Å². The molecule has 0 aliphatic carbocycles. The van der Waals surface area contributed by atoms with Crippen molar-refractivity contribution in [3.05, 3.63) is 59.9 Å². The topological polar surface area (TPSA) is 92.7 Å². The molecule has 0 saturated heterocycles. The summed E-state index contributed by atoms with van der Waals surface area (Å²) in [6, 6.07) is 9.88. The van der Waals surface area contributed by atoms with Crippen LogP contribution in [0.25, 0.3) is 0 Å². The third-order valence-corrected chi connectivity index (χ3v) is 5.04. The van der Waals surface area contributed by atoms with E-state index < -0.39 is 34.3 Å². The molecule has 1 unspecified atom stereocenters. The highest BCUT2D eigenvalue weighted by Crippen LogP contribution is 2.23. The van der Waals surface area contributed by atoms with Crippen LogP contribution in [0.15, 0.2) is 53.4 Å². The number of ether oxygens (including phenoxy) is 1. The molecule has 8 heteroatoms. The number of carboxylic acids is 1. The smallest absolute Gasteiger partial charge is 0.305 e. The third kappa shape index (κ3) is 5.53. The quantitative estimate of drug-likeness (QED) is 0.696. The molecular weight excluding hydrogens is 361 g/mol. The number of sulfonamides is 1. The van der Waals surface area contributed by atoms with Gasteiger partial charge in [0, 0.05) is 0 Å². The maximum atomic E-state index is 13.0. The third-order valence-electron chi connectivity index (χ3n) is 3.56. The van der Waals surface area contributed by atoms with Gasteiger partial charge in [-0.3, -0.25) is 4.79 Å². The average molecular weight is 381 g/mol. The maximum absolute atomic E-state index is 13.0. The second-order valence-corrected chi connectivity index (χ2v) is 7.36. The predicted octanol–water partition coefficient (Wildman–Crippen LogP) is 3.11. The molecule has 2 rings (SSSR count). The maximum Gasteiger partial charge on any atom is 0.305 e. The van der Waals surface area contributed by atoms with E-state index in [1.807, 2.05) is 6.92 Å². The first-order valence-corrected chi connectivity index (χ1v) is 9.52. The molecule has 0 bridgehead atoms. The average Bonchev–Trinajstić information content (AvgIpc) is 2.59. The van der Waals surface area contributed by atoms with Crippen LogP contribution in [0.1, 0.15) is 31.4 Å². The molecule has 0 amide bonds. The Morgan fingerprint density at radius 2 is 1.77 bits per heavy atom. The van der Waals surface area contributed by atoms with Crippen LogP contribution in [0.3, 0.4) is 0 Å². The largest absolute Gasteiger partial charge is 0.494 e. The Morgan fingerprint density at radius 1 is 1.15 bits per heavy atom. The first-order valence-electron chi connectivity index (χ1n) is 8.04. The molecule has 2 N–H and O–H groups in total. The summed E-state index contributed by atoms with van der Waals surface area (Å²) in [7, 11) is -4.01. The Bertz CT molecular complexity index is 835. The summed E-state index contributed by atoms with van der Waals surface area (Å²) in [6.07, 6.45) is 0.413. The van der Waals surface area contributed by atoms with E-state index in [-0.39, 0.29) is 4.90 Å². The second-order valence-electron chi connectivity index (χ2n) is 5.64. The molecule has 0 fully saturated rings. The van der Waals surface area contributed by atoms with E-state index in [1.165, 1.54) is 0 Å². The first kappa shape index (κ1) is 19.9. The number of carboxylic acid groups (broad SMARTS) is 1. The number of aliphatic carboxylic acids is 1. The Kier molecular flexibility index (Phi) is 6.70. The number of nitrogens with one attached hydrogen (secondary N) is 1. The van der Waals surface area contributed by atoms with Gasteiger partial charge in [0.1, 0.15) is 11.6 Å². The van der Waals surface area contributed by atoms with Gasteiger partial charge in [-0.15, -0.1) is 0 Å². The summed E-state index contributed by atoms with van der Waals surface area (Å²) in [5.41, 5.74) is 0.488. The second kappa shape index (κ2) is 8.77. The molecule has 0 saturated carbocycles. The molecular formula is C18H20FNO5S. The number of rotatable bonds is 9. The summed E-state index contributed by atoms with van der Waals surface area (Å²) < 4.78 is 45.8. The van der Waals surface area contributed by atoms with Gasteiger partial charge >= 0.3 is 5.97 Å². The Hall–Kier alpha value is -2.45. The van der Waals surface area contributed by atoms with E-state index in [9.17, 15) is 17.6 Å². The molecule has 2 aromatic rings. The highest BCUT2D eigenvalue weighted by atomic mass is 32.2. The van der Waals surface area contributed by atoms with Crippen molar-refractivity contribution in [3.8, 4) is 5.75 Å². The molecule has 0 radical (unpaired) electrons. The van der Waals surface area contributed by atoms with Crippen LogP contribution in [-0.4, -0.2) is 26.1 Å². The van der Waals surface area contributed by atoms with Crippen LogP contribution in [-0.2, 0) is 14.8 Å². The summed E-state index contributed by atoms with van der Waals surface area (Å²) in [5, 5.41) is 9.11. The minimum absolute atomic E-state index is 0.141. The fourth-order valence-corrected chi connectivity index (χ4v) is 3.51. The molecule has 0 aliphatic rings. The molecule has 140 valence electrons. The molecule has 0 spiro atoms. The van der Waals surface area contributed by atoms with Gasteiger partial charge in [0.05, 0.1) is 24.0 Å². The van der Waals surface area contributed by atoms with Crippen LogP contribution in [0.5, 0.6) is 5.75 Å². The van der Waals surface area contributed by atoms with Gasteiger partial charge in [0.2, 0.25) is 10.0 Å². The van der Waals surface area contributed by atoms with E-state index in [2.05, 4.69) is 4.72 Å². The van der Waals surface area contributed by atoms with E-state index in [0.29, 0.717) is 17.9 Å². The zero-order valence-electron chi connectivity index (χ0n) is 14.2. The van der Waals surface area contributed by atoms with Gasteiger partial charge in [0.25, 0.3) is 0 Å². The van der Waals surface area contributed by atoms with Crippen LogP contribution in [0, 0.1) is 5.82 Å². The minimum atomic E-state index is -4.01. The fourth-order valence-electron chi connectivity index (χ4n) is 2.29. The highest BCUT2D eigenvalue weighted by molar-refractivity contribution is 7.89. The zero-order valence-corrected chi connectivity index (χ0v) is 15.0. The molecule has 2 aromatic carbocycles. The predicted molar refractivity (Wildman–Crippen MR) is 93.9 cm³/mol. The van der Waals surface area contributed by atoms with E-state index in [0.717, 1.165) is 30.7 Å². The van der Waals surface area contributed by atoms with E-state index in [1.54, 1.807) is 24.3 Å². The first-order chi connectivity index (χ1) is 12.3. The van der Waals surface area contributed by atoms with Gasteiger partial charge in [-0.25, -0.2) is 17.5 Å². The molecule has 0 aliphatic heterocycles. The lowest BCUT2D eigenvalue weighted by Crippen LogP contribution is -2.30. The van der Waals surface area contributed by atoms with Crippen LogP contribution in [0.4, 0.5) is 4.39 Å². The number of hydrogen-bond acceptors (Lipinski definition) is 4. The number of benzene rings is 2. The standard InChI is InChI=1S/C18H20FNO5S/c1-2-11-25-15-7-3-13(4-8-15)17(12-18(21)22)20-26(23,24)16-9-5-14(19)6-10-16/h3-10,17,20H,2,11-12H2,1H3,(H,21,22). The molecule has 6 nitrogen and oxygen atoms in total. The fraction of sp³-hybridized carbons (Fsp3) is 0.278. The Labute approximate surface area is 151 Å². The number of carbonyl (C=O) groups is 1. The van der Waals surface area contributed by atoms with Gasteiger partial charge in [-0.2, -0.15) is 0 Å². The van der Waals surface area contributed by atoms with Gasteiger partial charge < -0.3 is 9.84 Å². The van der Waals surface area contributed by atoms with Crippen LogP contribution in [0.2, 0.25) is 0 Å². The van der Waals surface area contributed by atoms with E-state index >= 15 is 0 Å². The summed E-state index contributed by atoms with van der Waals surface area (Å²) in [6.45, 7) is 2.52. The van der Waals surface area contributed by atoms with Crippen molar-refractivity contribution in [1.82, 2.24) is 4.72 Å². The lowest BCUT2D eigenvalue weighted by molar-refractivity contribution is -0.137. The number of hydrogen-bond donors (Lipinski definition) is 2. The lowest BCUT2D eigenvalue weighted by Gasteiger charge is -2.18. The highest BCUT2D eigenvalue weighted by Gasteiger charge is 2.23. The normalized spacial score (nSPS) is 12.5. The van der Waals surface area contributed by atoms with Crippen molar-refractivity contribution in [2.24, 2.45) is 0 Å². The minimum Gasteiger partial charge on any atom is -0.494 e. The summed E-state index contributed by atoms with van der Waals surface area (Å²) in [5.74, 6) is -1.09. The Morgan fingerprint density at radius 3 is 2.31 bits per heavy atom. The summed E-state index contributed by atoms with van der Waals surface area (Å²) >= 11 is 0. The van der Waals surface area contributed by atoms with Crippen molar-refractivity contribution < 1.29 is 27.4 Å². The van der Waals surface area contributed by atoms with Crippen molar-refractivity contribution in [1.29, 1.82) is 0 Å². The number of halogens is 1. The van der Waals surface area contributed by atoms with Crippen molar-refractivity contribution in [2.45, 2.75) is 30.7 Å². The van der Waals surface area contributed by atoms with Gasteiger partial charge in [0.15, 0.2) is 0 Å². The molecule has 1 atom stereocenters. The zero-order chi connectivity index (χ0) is 19.2. The lowest BCUT2D eigenvalue weighted by atomic mass is 10.0. The van der Waals surface area contributed by atoms with Crippen molar-refractivity contribution >= 4 is 16.0 Å². The summed E-state index contributed by atoms with van der Waals surface area (Å²) in [4.78, 5) is 11.0. The molecule has 0 aromatic heterocycles. The van der Waals surface area contributed by atoms with Crippen LogP contribution < -0.4 is 9.46 Å². The van der Waals surface area contributed by atoms with Crippen molar-refractivity contribution in [2.75, 3.05) is 6.61 Å². The SMILES string of the molecule is CCCOc1ccc(C(CC(=O)O)NS(=O)(=O)c2ccc(F)cc2)cc1. The van der Waals surface area contributed by atoms with Gasteiger partial charge in [-0.05, 0) is 48.4 Å². The monoisotopic (exact) mass is 381 g/mol. The molecule has 26 heavy (non-hydrogen) atoms. The van der Waals surface area contributed by atoms with Gasteiger partial charge in [-0.1, -0.05) is 19.1 Å². The van der Waals surface area contributed by atoms with Crippen molar-refractivity contribution in [3.63, 3.8) is 0 Å².